The van der Waals surface area contributed by atoms with Crippen molar-refractivity contribution >= 4 is 5.97 Å². The van der Waals surface area contributed by atoms with E-state index in [-0.39, 0.29) is 6.10 Å². The van der Waals surface area contributed by atoms with Crippen molar-refractivity contribution in [3.63, 3.8) is 0 Å². The van der Waals surface area contributed by atoms with Crippen molar-refractivity contribution in [2.75, 3.05) is 0 Å². The molecule has 0 aromatic rings. The van der Waals surface area contributed by atoms with Crippen LogP contribution in [-0.4, -0.2) is 22.3 Å². The third kappa shape index (κ3) is 2.93. The first-order chi connectivity index (χ1) is 12.3. The highest BCUT2D eigenvalue weighted by Gasteiger charge is 2.59. The molecule has 4 rings (SSSR count). The average Bonchev–Trinajstić information content (AvgIpc) is 2.92. The average molecular weight is 363 g/mol. The summed E-state index contributed by atoms with van der Waals surface area (Å²) in [5, 5.41) is 19.1. The van der Waals surface area contributed by atoms with Crippen LogP contribution < -0.4 is 0 Å². The fourth-order valence-corrected chi connectivity index (χ4v) is 8.32. The van der Waals surface area contributed by atoms with Gasteiger partial charge in [0.05, 0.1) is 6.10 Å². The highest BCUT2D eigenvalue weighted by Crippen LogP contribution is 2.67. The maximum atomic E-state index is 10.9. The first kappa shape index (κ1) is 18.8. The number of hydrogen-bond donors (Lipinski definition) is 2. The van der Waals surface area contributed by atoms with Gasteiger partial charge in [0, 0.05) is 6.42 Å². The molecule has 0 aliphatic heterocycles. The van der Waals surface area contributed by atoms with Gasteiger partial charge >= 0.3 is 5.97 Å². The smallest absolute Gasteiger partial charge is 0.303 e. The van der Waals surface area contributed by atoms with Gasteiger partial charge in [0.2, 0.25) is 0 Å². The van der Waals surface area contributed by atoms with Crippen molar-refractivity contribution < 1.29 is 15.0 Å². The third-order valence-electron chi connectivity index (χ3n) is 9.78. The molecule has 0 saturated heterocycles. The molecule has 0 aromatic heterocycles. The fraction of sp³-hybridized carbons (Fsp3) is 0.957. The lowest BCUT2D eigenvalue weighted by atomic mass is 9.44. The first-order valence-electron chi connectivity index (χ1n) is 11.2. The zero-order valence-electron chi connectivity index (χ0n) is 16.8. The second kappa shape index (κ2) is 6.79. The Balaban J connectivity index is 1.48. The van der Waals surface area contributed by atoms with Gasteiger partial charge < -0.3 is 10.2 Å². The zero-order chi connectivity index (χ0) is 18.5. The van der Waals surface area contributed by atoms with Gasteiger partial charge in [-0.25, -0.2) is 0 Å². The van der Waals surface area contributed by atoms with Gasteiger partial charge in [0.15, 0.2) is 0 Å². The molecule has 0 amide bonds. The van der Waals surface area contributed by atoms with Crippen molar-refractivity contribution in [3.8, 4) is 0 Å². The van der Waals surface area contributed by atoms with E-state index in [9.17, 15) is 9.90 Å². The van der Waals surface area contributed by atoms with Crippen LogP contribution in [0.15, 0.2) is 0 Å². The van der Waals surface area contributed by atoms with Crippen LogP contribution in [-0.2, 0) is 4.79 Å². The lowest BCUT2D eigenvalue weighted by Gasteiger charge is -2.61. The van der Waals surface area contributed by atoms with E-state index in [1.807, 2.05) is 0 Å². The number of carboxylic acids is 1. The van der Waals surface area contributed by atoms with Crippen LogP contribution in [0.3, 0.4) is 0 Å². The largest absolute Gasteiger partial charge is 0.481 e. The minimum absolute atomic E-state index is 0.0522. The quantitative estimate of drug-likeness (QED) is 0.717. The molecule has 0 spiro atoms. The van der Waals surface area contributed by atoms with Crippen LogP contribution in [0.1, 0.15) is 90.9 Å². The van der Waals surface area contributed by atoms with Crippen molar-refractivity contribution in [2.45, 2.75) is 97.0 Å². The molecule has 4 aliphatic rings. The Hall–Kier alpha value is -0.570. The van der Waals surface area contributed by atoms with Gasteiger partial charge in [-0.15, -0.1) is 0 Å². The summed E-state index contributed by atoms with van der Waals surface area (Å²) in [6, 6.07) is 0. The Morgan fingerprint density at radius 1 is 0.962 bits per heavy atom. The Bertz CT molecular complexity index is 546. The van der Waals surface area contributed by atoms with Crippen LogP contribution >= 0.6 is 0 Å². The van der Waals surface area contributed by atoms with Gasteiger partial charge in [0.25, 0.3) is 0 Å². The van der Waals surface area contributed by atoms with Crippen molar-refractivity contribution in [3.05, 3.63) is 0 Å². The predicted octanol–water partition coefficient (Wildman–Crippen LogP) is 5.26. The second-order valence-electron chi connectivity index (χ2n) is 10.7. The summed E-state index contributed by atoms with van der Waals surface area (Å²) in [4.78, 5) is 10.9. The number of aliphatic hydroxyl groups is 1. The lowest BCUT2D eigenvalue weighted by molar-refractivity contribution is -0.137. The standard InChI is InChI=1S/C23H38O3/c1-22-13-11-20-18(8-6-16-14-17(24)10-12-23(16,20)2)19(22)9-7-15(22)4-3-5-21(25)26/h15-20,24H,3-14H2,1-2H3,(H,25,26). The van der Waals surface area contributed by atoms with Crippen LogP contribution in [0.4, 0.5) is 0 Å². The van der Waals surface area contributed by atoms with E-state index in [2.05, 4.69) is 13.8 Å². The molecule has 4 fully saturated rings. The Morgan fingerprint density at radius 3 is 2.46 bits per heavy atom. The summed E-state index contributed by atoms with van der Waals surface area (Å²) < 4.78 is 0. The molecule has 0 aromatic carbocycles. The molecule has 4 saturated carbocycles. The van der Waals surface area contributed by atoms with Crippen molar-refractivity contribution in [1.29, 1.82) is 0 Å². The van der Waals surface area contributed by atoms with Crippen LogP contribution in [0.25, 0.3) is 0 Å². The topological polar surface area (TPSA) is 57.5 Å². The number of carbonyl (C=O) groups is 1. The molecule has 4 aliphatic carbocycles. The molecule has 3 heteroatoms. The zero-order valence-corrected chi connectivity index (χ0v) is 16.8. The van der Waals surface area contributed by atoms with E-state index in [1.165, 1.54) is 44.9 Å². The highest BCUT2D eigenvalue weighted by atomic mass is 16.4. The molecule has 8 unspecified atom stereocenters. The third-order valence-corrected chi connectivity index (χ3v) is 9.78. The van der Waals surface area contributed by atoms with E-state index in [0.717, 1.165) is 55.3 Å². The molecule has 148 valence electrons. The van der Waals surface area contributed by atoms with E-state index in [1.54, 1.807) is 0 Å². The fourth-order valence-electron chi connectivity index (χ4n) is 8.32. The molecule has 0 heterocycles. The summed E-state index contributed by atoms with van der Waals surface area (Å²) in [7, 11) is 0. The van der Waals surface area contributed by atoms with Crippen molar-refractivity contribution in [1.82, 2.24) is 0 Å². The number of rotatable bonds is 4. The molecule has 2 N–H and O–H groups in total. The number of aliphatic carboxylic acids is 1. The first-order valence-corrected chi connectivity index (χ1v) is 11.2. The summed E-state index contributed by atoms with van der Waals surface area (Å²) in [5.41, 5.74) is 0.919. The van der Waals surface area contributed by atoms with Crippen LogP contribution in [0, 0.1) is 40.4 Å². The van der Waals surface area contributed by atoms with Gasteiger partial charge in [-0.05, 0) is 111 Å². The Morgan fingerprint density at radius 2 is 1.69 bits per heavy atom. The maximum absolute atomic E-state index is 10.9. The summed E-state index contributed by atoms with van der Waals surface area (Å²) in [5.74, 6) is 3.45. The Kier molecular flexibility index (Phi) is 4.91. The monoisotopic (exact) mass is 362 g/mol. The minimum Gasteiger partial charge on any atom is -0.481 e. The highest BCUT2D eigenvalue weighted by molar-refractivity contribution is 5.66. The number of fused-ring (bicyclic) bond motifs is 5. The van der Waals surface area contributed by atoms with E-state index in [0.29, 0.717) is 17.3 Å². The SMILES string of the molecule is CC12CCC3C(CCC4CC(O)CCC43C)C1CCC2CCCC(=O)O. The van der Waals surface area contributed by atoms with Gasteiger partial charge in [-0.3, -0.25) is 4.79 Å². The van der Waals surface area contributed by atoms with Crippen LogP contribution in [0.5, 0.6) is 0 Å². The maximum Gasteiger partial charge on any atom is 0.303 e. The minimum atomic E-state index is -0.640. The molecular weight excluding hydrogens is 324 g/mol. The normalized spacial score (nSPS) is 50.6. The molecular formula is C23H38O3. The molecule has 26 heavy (non-hydrogen) atoms. The molecule has 0 radical (unpaired) electrons. The number of hydrogen-bond acceptors (Lipinski definition) is 2. The summed E-state index contributed by atoms with van der Waals surface area (Å²) >= 11 is 0. The van der Waals surface area contributed by atoms with Gasteiger partial charge in [0.1, 0.15) is 0 Å². The predicted molar refractivity (Wildman–Crippen MR) is 103 cm³/mol. The van der Waals surface area contributed by atoms with Gasteiger partial charge in [-0.2, -0.15) is 0 Å². The van der Waals surface area contributed by atoms with Gasteiger partial charge in [-0.1, -0.05) is 13.8 Å². The number of aliphatic hydroxyl groups excluding tert-OH is 1. The summed E-state index contributed by atoms with van der Waals surface area (Å²) in [6.07, 6.45) is 13.6. The molecule has 0 bridgehead atoms. The van der Waals surface area contributed by atoms with Crippen molar-refractivity contribution in [2.24, 2.45) is 40.4 Å². The Labute approximate surface area is 158 Å². The van der Waals surface area contributed by atoms with E-state index >= 15 is 0 Å². The van der Waals surface area contributed by atoms with E-state index < -0.39 is 5.97 Å². The molecule has 3 nitrogen and oxygen atoms in total. The van der Waals surface area contributed by atoms with E-state index in [4.69, 9.17) is 5.11 Å². The molecule has 8 atom stereocenters. The van der Waals surface area contributed by atoms with Crippen LogP contribution in [0.2, 0.25) is 0 Å². The second-order valence-corrected chi connectivity index (χ2v) is 10.7. The number of carboxylic acid groups (broad SMARTS) is 1. The lowest BCUT2D eigenvalue weighted by Crippen LogP contribution is -2.53. The summed E-state index contributed by atoms with van der Waals surface area (Å²) in [6.45, 7) is 5.10.